The summed E-state index contributed by atoms with van der Waals surface area (Å²) in [4.78, 5) is 38.2. The second-order valence-corrected chi connectivity index (χ2v) is 6.25. The molecular formula is C19H21N3O3. The van der Waals surface area contributed by atoms with E-state index in [0.29, 0.717) is 12.1 Å². The van der Waals surface area contributed by atoms with Crippen LogP contribution in [0.25, 0.3) is 0 Å². The highest BCUT2D eigenvalue weighted by Crippen LogP contribution is 2.14. The maximum Gasteiger partial charge on any atom is 0.263 e. The number of carbonyl (C=O) groups excluding carboxylic acids is 2. The van der Waals surface area contributed by atoms with Crippen molar-refractivity contribution in [2.24, 2.45) is 7.05 Å². The number of anilines is 1. The maximum absolute atomic E-state index is 12.2. The summed E-state index contributed by atoms with van der Waals surface area (Å²) >= 11 is 0. The van der Waals surface area contributed by atoms with E-state index < -0.39 is 5.91 Å². The fourth-order valence-corrected chi connectivity index (χ4v) is 2.93. The Morgan fingerprint density at radius 2 is 1.76 bits per heavy atom. The molecule has 0 aliphatic carbocycles. The van der Waals surface area contributed by atoms with Gasteiger partial charge in [0.1, 0.15) is 5.56 Å². The molecule has 130 valence electrons. The molecule has 0 spiro atoms. The molecule has 1 aliphatic heterocycles. The second-order valence-electron chi connectivity index (χ2n) is 6.25. The number of benzene rings is 1. The smallest absolute Gasteiger partial charge is 0.263 e. The van der Waals surface area contributed by atoms with E-state index in [0.717, 1.165) is 31.5 Å². The van der Waals surface area contributed by atoms with Gasteiger partial charge in [-0.15, -0.1) is 0 Å². The van der Waals surface area contributed by atoms with Crippen LogP contribution in [0.15, 0.2) is 47.4 Å². The average molecular weight is 339 g/mol. The summed E-state index contributed by atoms with van der Waals surface area (Å²) in [6.07, 6.45) is 4.13. The Labute approximate surface area is 146 Å². The molecule has 1 aromatic heterocycles. The van der Waals surface area contributed by atoms with Gasteiger partial charge in [0.05, 0.1) is 6.42 Å². The number of nitrogens with zero attached hydrogens (tertiary/aromatic N) is 2. The number of nitrogens with one attached hydrogen (secondary N) is 1. The SMILES string of the molecule is Cn1cccc(C(=O)Nc2ccc(CC(=O)N3CCCC3)cc2)c1=O. The van der Waals surface area contributed by atoms with Crippen LogP contribution in [0.2, 0.25) is 0 Å². The van der Waals surface area contributed by atoms with E-state index in [1.165, 1.54) is 10.6 Å². The van der Waals surface area contributed by atoms with Gasteiger partial charge in [0.2, 0.25) is 5.91 Å². The first-order chi connectivity index (χ1) is 12.0. The van der Waals surface area contributed by atoms with Gasteiger partial charge in [0, 0.05) is 32.0 Å². The highest BCUT2D eigenvalue weighted by molar-refractivity contribution is 6.04. The summed E-state index contributed by atoms with van der Waals surface area (Å²) in [5.41, 5.74) is 1.25. The van der Waals surface area contributed by atoms with Gasteiger partial charge >= 0.3 is 0 Å². The van der Waals surface area contributed by atoms with Crippen molar-refractivity contribution in [1.29, 1.82) is 0 Å². The van der Waals surface area contributed by atoms with Crippen LogP contribution in [0.3, 0.4) is 0 Å². The third-order valence-corrected chi connectivity index (χ3v) is 4.39. The zero-order valence-electron chi connectivity index (χ0n) is 14.2. The van der Waals surface area contributed by atoms with Crippen molar-refractivity contribution < 1.29 is 9.59 Å². The number of amides is 2. The molecule has 3 rings (SSSR count). The first-order valence-electron chi connectivity index (χ1n) is 8.38. The molecule has 0 saturated carbocycles. The number of hydrogen-bond acceptors (Lipinski definition) is 3. The van der Waals surface area contributed by atoms with E-state index in [1.807, 2.05) is 17.0 Å². The number of likely N-dealkylation sites (tertiary alicyclic amines) is 1. The monoisotopic (exact) mass is 339 g/mol. The molecule has 6 heteroatoms. The van der Waals surface area contributed by atoms with Gasteiger partial charge in [-0.05, 0) is 42.7 Å². The van der Waals surface area contributed by atoms with Crippen molar-refractivity contribution in [3.05, 3.63) is 64.1 Å². The van der Waals surface area contributed by atoms with Gasteiger partial charge in [-0.25, -0.2) is 0 Å². The van der Waals surface area contributed by atoms with Gasteiger partial charge in [-0.1, -0.05) is 12.1 Å². The minimum Gasteiger partial charge on any atom is -0.342 e. The molecule has 0 bridgehead atoms. The van der Waals surface area contributed by atoms with Crippen LogP contribution in [0.5, 0.6) is 0 Å². The van der Waals surface area contributed by atoms with Crippen molar-refractivity contribution in [3.8, 4) is 0 Å². The van der Waals surface area contributed by atoms with Crippen molar-refractivity contribution in [2.45, 2.75) is 19.3 Å². The number of carbonyl (C=O) groups is 2. The summed E-state index contributed by atoms with van der Waals surface area (Å²) in [7, 11) is 1.60. The first-order valence-corrected chi connectivity index (χ1v) is 8.38. The summed E-state index contributed by atoms with van der Waals surface area (Å²) < 4.78 is 1.36. The molecule has 1 saturated heterocycles. The normalized spacial score (nSPS) is 13.7. The standard InChI is InChI=1S/C19H21N3O3/c1-21-10-4-5-16(19(21)25)18(24)20-15-8-6-14(7-9-15)13-17(23)22-11-2-3-12-22/h4-10H,2-3,11-13H2,1H3,(H,20,24). The molecule has 2 amide bonds. The lowest BCUT2D eigenvalue weighted by Gasteiger charge is -2.15. The Bertz CT molecular complexity index is 834. The van der Waals surface area contributed by atoms with Gasteiger partial charge < -0.3 is 14.8 Å². The third-order valence-electron chi connectivity index (χ3n) is 4.39. The lowest BCUT2D eigenvalue weighted by atomic mass is 10.1. The zero-order chi connectivity index (χ0) is 17.8. The molecule has 25 heavy (non-hydrogen) atoms. The molecular weight excluding hydrogens is 318 g/mol. The highest BCUT2D eigenvalue weighted by atomic mass is 16.2. The van der Waals surface area contributed by atoms with Gasteiger partial charge in [-0.3, -0.25) is 14.4 Å². The Morgan fingerprint density at radius 3 is 2.44 bits per heavy atom. The Balaban J connectivity index is 1.64. The molecule has 1 aliphatic rings. The molecule has 0 radical (unpaired) electrons. The summed E-state index contributed by atoms with van der Waals surface area (Å²) in [6.45, 7) is 1.69. The van der Waals surface area contributed by atoms with Crippen molar-refractivity contribution in [2.75, 3.05) is 18.4 Å². The molecule has 0 unspecified atom stereocenters. The number of aromatic nitrogens is 1. The van der Waals surface area contributed by atoms with Crippen LogP contribution in [0.4, 0.5) is 5.69 Å². The lowest BCUT2D eigenvalue weighted by molar-refractivity contribution is -0.129. The molecule has 1 N–H and O–H groups in total. The number of aryl methyl sites for hydroxylation is 1. The predicted octanol–water partition coefficient (Wildman–Crippen LogP) is 1.80. The van der Waals surface area contributed by atoms with Crippen LogP contribution >= 0.6 is 0 Å². The maximum atomic E-state index is 12.2. The van der Waals surface area contributed by atoms with E-state index in [1.54, 1.807) is 31.4 Å². The van der Waals surface area contributed by atoms with Crippen LogP contribution in [0, 0.1) is 0 Å². The molecule has 1 aromatic carbocycles. The Morgan fingerprint density at radius 1 is 1.08 bits per heavy atom. The first kappa shape index (κ1) is 17.0. The zero-order valence-corrected chi connectivity index (χ0v) is 14.2. The summed E-state index contributed by atoms with van der Waals surface area (Å²) in [5.74, 6) is -0.302. The van der Waals surface area contributed by atoms with Crippen LogP contribution in [-0.4, -0.2) is 34.4 Å². The van der Waals surface area contributed by atoms with Gasteiger partial charge in [0.15, 0.2) is 0 Å². The third kappa shape index (κ3) is 3.96. The van der Waals surface area contributed by atoms with Crippen LogP contribution in [-0.2, 0) is 18.3 Å². The van der Waals surface area contributed by atoms with E-state index in [9.17, 15) is 14.4 Å². The fraction of sp³-hybridized carbons (Fsp3) is 0.316. The largest absolute Gasteiger partial charge is 0.342 e. The van der Waals surface area contributed by atoms with Crippen LogP contribution in [0.1, 0.15) is 28.8 Å². The molecule has 1 fully saturated rings. The van der Waals surface area contributed by atoms with Crippen LogP contribution < -0.4 is 10.9 Å². The Kier molecular flexibility index (Phi) is 4.97. The van der Waals surface area contributed by atoms with E-state index in [-0.39, 0.29) is 17.0 Å². The van der Waals surface area contributed by atoms with Crippen molar-refractivity contribution in [1.82, 2.24) is 9.47 Å². The van der Waals surface area contributed by atoms with Gasteiger partial charge in [0.25, 0.3) is 11.5 Å². The molecule has 6 nitrogen and oxygen atoms in total. The summed E-state index contributed by atoms with van der Waals surface area (Å²) in [6, 6.07) is 10.3. The number of rotatable bonds is 4. The second kappa shape index (κ2) is 7.34. The summed E-state index contributed by atoms with van der Waals surface area (Å²) in [5, 5.41) is 2.71. The van der Waals surface area contributed by atoms with E-state index >= 15 is 0 Å². The topological polar surface area (TPSA) is 71.4 Å². The quantitative estimate of drug-likeness (QED) is 0.923. The predicted molar refractivity (Wildman–Crippen MR) is 95.6 cm³/mol. The average Bonchev–Trinajstić information content (AvgIpc) is 3.14. The minimum atomic E-state index is -0.443. The highest BCUT2D eigenvalue weighted by Gasteiger charge is 2.18. The van der Waals surface area contributed by atoms with E-state index in [4.69, 9.17) is 0 Å². The minimum absolute atomic E-state index is 0.0956. The lowest BCUT2D eigenvalue weighted by Crippen LogP contribution is -2.29. The number of hydrogen-bond donors (Lipinski definition) is 1. The van der Waals surface area contributed by atoms with Gasteiger partial charge in [-0.2, -0.15) is 0 Å². The molecule has 0 atom stereocenters. The van der Waals surface area contributed by atoms with Crippen molar-refractivity contribution in [3.63, 3.8) is 0 Å². The number of pyridine rings is 1. The van der Waals surface area contributed by atoms with E-state index in [2.05, 4.69) is 5.32 Å². The van der Waals surface area contributed by atoms with Crippen molar-refractivity contribution >= 4 is 17.5 Å². The fourth-order valence-electron chi connectivity index (χ4n) is 2.93. The molecule has 2 aromatic rings. The molecule has 2 heterocycles. The Hall–Kier alpha value is -2.89.